The molecule has 23 heavy (non-hydrogen) atoms. The van der Waals surface area contributed by atoms with Crippen molar-refractivity contribution < 1.29 is 14.3 Å². The van der Waals surface area contributed by atoms with Gasteiger partial charge in [0.25, 0.3) is 5.56 Å². The van der Waals surface area contributed by atoms with Crippen LogP contribution in [0.2, 0.25) is 0 Å². The van der Waals surface area contributed by atoms with Gasteiger partial charge >= 0.3 is 5.97 Å². The van der Waals surface area contributed by atoms with E-state index >= 15 is 0 Å². The van der Waals surface area contributed by atoms with E-state index in [-0.39, 0.29) is 18.0 Å². The van der Waals surface area contributed by atoms with E-state index in [9.17, 15) is 14.4 Å². The molecule has 0 saturated carbocycles. The number of nitrogens with zero attached hydrogens (tertiary/aromatic N) is 2. The van der Waals surface area contributed by atoms with Gasteiger partial charge in [-0.25, -0.2) is 4.79 Å². The van der Waals surface area contributed by atoms with Crippen molar-refractivity contribution in [3.63, 3.8) is 0 Å². The number of nitrogens with one attached hydrogen (secondary N) is 1. The van der Waals surface area contributed by atoms with Gasteiger partial charge in [-0.05, 0) is 17.7 Å². The van der Waals surface area contributed by atoms with Crippen LogP contribution in [0, 0.1) is 0 Å². The summed E-state index contributed by atoms with van der Waals surface area (Å²) in [6.07, 6.45) is 3.09. The second-order valence-corrected chi connectivity index (χ2v) is 4.94. The molecule has 1 N–H and O–H groups in total. The summed E-state index contributed by atoms with van der Waals surface area (Å²) in [5.74, 6) is -0.621. The number of amides is 1. The van der Waals surface area contributed by atoms with Crippen LogP contribution in [0.4, 0.5) is 0 Å². The molecule has 1 amide bonds. The lowest BCUT2D eigenvalue weighted by molar-refractivity contribution is -0.119. The highest BCUT2D eigenvalue weighted by Crippen LogP contribution is 2.04. The molecule has 0 atom stereocenters. The molecule has 0 radical (unpaired) electrons. The highest BCUT2D eigenvalue weighted by Gasteiger charge is 2.08. The lowest BCUT2D eigenvalue weighted by Crippen LogP contribution is -2.21. The Morgan fingerprint density at radius 2 is 2.04 bits per heavy atom. The second-order valence-electron chi connectivity index (χ2n) is 4.94. The Kier molecular flexibility index (Phi) is 5.24. The summed E-state index contributed by atoms with van der Waals surface area (Å²) in [5, 5.41) is 2.66. The zero-order chi connectivity index (χ0) is 16.8. The topological polar surface area (TPSA) is 90.3 Å². The molecule has 7 heteroatoms. The molecule has 0 aliphatic rings. The van der Waals surface area contributed by atoms with Gasteiger partial charge in [-0.2, -0.15) is 0 Å². The van der Waals surface area contributed by atoms with E-state index in [1.807, 2.05) is 6.07 Å². The zero-order valence-electron chi connectivity index (χ0n) is 12.9. The quantitative estimate of drug-likeness (QED) is 0.821. The molecule has 0 spiro atoms. The highest BCUT2D eigenvalue weighted by atomic mass is 16.5. The Balaban J connectivity index is 2.14. The fraction of sp³-hybridized carbons (Fsp3) is 0.250. The van der Waals surface area contributed by atoms with Crippen molar-refractivity contribution >= 4 is 11.9 Å². The lowest BCUT2D eigenvalue weighted by atomic mass is 10.2. The van der Waals surface area contributed by atoms with Gasteiger partial charge < -0.3 is 14.6 Å². The third kappa shape index (κ3) is 4.50. The van der Waals surface area contributed by atoms with Crippen molar-refractivity contribution in [1.29, 1.82) is 0 Å². The Hall–Kier alpha value is -2.96. The molecule has 0 unspecified atom stereocenters. The van der Waals surface area contributed by atoms with Gasteiger partial charge in [0.05, 0.1) is 31.5 Å². The molecule has 120 valence electrons. The Morgan fingerprint density at radius 1 is 1.26 bits per heavy atom. The smallest absolute Gasteiger partial charge is 0.339 e. The van der Waals surface area contributed by atoms with Crippen LogP contribution in [0.5, 0.6) is 0 Å². The van der Waals surface area contributed by atoms with Gasteiger partial charge in [0.15, 0.2) is 0 Å². The van der Waals surface area contributed by atoms with E-state index in [4.69, 9.17) is 0 Å². The van der Waals surface area contributed by atoms with E-state index in [2.05, 4.69) is 15.0 Å². The average Bonchev–Trinajstić information content (AvgIpc) is 2.55. The summed E-state index contributed by atoms with van der Waals surface area (Å²) < 4.78 is 6.06. The number of ether oxygens (including phenoxy) is 1. The van der Waals surface area contributed by atoms with E-state index < -0.39 is 5.97 Å². The lowest BCUT2D eigenvalue weighted by Gasteiger charge is -2.08. The molecule has 0 aromatic carbocycles. The van der Waals surface area contributed by atoms with Gasteiger partial charge in [-0.1, -0.05) is 6.07 Å². The summed E-state index contributed by atoms with van der Waals surface area (Å²) in [4.78, 5) is 38.5. The first-order valence-electron chi connectivity index (χ1n) is 6.96. The minimum Gasteiger partial charge on any atom is -0.465 e. The first kappa shape index (κ1) is 16.4. The molecule has 0 aliphatic heterocycles. The predicted octanol–water partition coefficient (Wildman–Crippen LogP) is 0.714. The van der Waals surface area contributed by atoms with E-state index in [0.29, 0.717) is 12.1 Å². The molecule has 2 aromatic heterocycles. The Labute approximate surface area is 132 Å². The van der Waals surface area contributed by atoms with Crippen molar-refractivity contribution in [2.24, 2.45) is 0 Å². The fourth-order valence-corrected chi connectivity index (χ4v) is 1.96. The van der Waals surface area contributed by atoms with Crippen molar-refractivity contribution in [2.45, 2.75) is 20.0 Å². The maximum atomic E-state index is 11.9. The third-order valence-corrected chi connectivity index (χ3v) is 3.16. The van der Waals surface area contributed by atoms with Crippen LogP contribution in [-0.2, 0) is 22.6 Å². The summed E-state index contributed by atoms with van der Waals surface area (Å²) in [6, 6.07) is 6.35. The number of hydrogen-bond acceptors (Lipinski definition) is 5. The van der Waals surface area contributed by atoms with Gasteiger partial charge in [0.1, 0.15) is 0 Å². The van der Waals surface area contributed by atoms with Crippen molar-refractivity contribution in [3.8, 4) is 0 Å². The van der Waals surface area contributed by atoms with Crippen LogP contribution in [0.3, 0.4) is 0 Å². The Morgan fingerprint density at radius 3 is 2.65 bits per heavy atom. The predicted molar refractivity (Wildman–Crippen MR) is 82.9 cm³/mol. The summed E-state index contributed by atoms with van der Waals surface area (Å²) in [6.45, 7) is 2.08. The molecule has 2 rings (SSSR count). The molecule has 0 saturated heterocycles. The Bertz CT molecular complexity index is 766. The first-order chi connectivity index (χ1) is 11.0. The number of hydrogen-bond donors (Lipinski definition) is 1. The molecular weight excluding hydrogens is 298 g/mol. The molecule has 2 heterocycles. The monoisotopic (exact) mass is 315 g/mol. The van der Waals surface area contributed by atoms with Crippen LogP contribution in [0.15, 0.2) is 41.5 Å². The van der Waals surface area contributed by atoms with Gasteiger partial charge in [-0.3, -0.25) is 14.6 Å². The maximum Gasteiger partial charge on any atom is 0.339 e. The number of pyridine rings is 2. The maximum absolute atomic E-state index is 11.9. The fourth-order valence-electron chi connectivity index (χ4n) is 1.96. The van der Waals surface area contributed by atoms with E-state index in [1.165, 1.54) is 36.9 Å². The molecular formula is C16H17N3O4. The number of aromatic nitrogens is 2. The minimum atomic E-state index is -0.498. The molecule has 0 bridgehead atoms. The molecule has 0 fully saturated rings. The largest absolute Gasteiger partial charge is 0.465 e. The number of methoxy groups -OCH3 is 1. The SMILES string of the molecule is COC(=O)c1ccc(=O)n(Cc2ccc(CNC(C)=O)nc2)c1. The first-order valence-corrected chi connectivity index (χ1v) is 6.96. The number of esters is 1. The van der Waals surface area contributed by atoms with Crippen LogP contribution in [0.1, 0.15) is 28.5 Å². The van der Waals surface area contributed by atoms with Crippen LogP contribution < -0.4 is 10.9 Å². The van der Waals surface area contributed by atoms with Gasteiger partial charge in [0, 0.05) is 25.4 Å². The zero-order valence-corrected chi connectivity index (χ0v) is 12.9. The van der Waals surface area contributed by atoms with Gasteiger partial charge in [-0.15, -0.1) is 0 Å². The molecule has 2 aromatic rings. The van der Waals surface area contributed by atoms with Crippen LogP contribution in [-0.4, -0.2) is 28.5 Å². The van der Waals surface area contributed by atoms with E-state index in [0.717, 1.165) is 11.3 Å². The average molecular weight is 315 g/mol. The molecule has 7 nitrogen and oxygen atoms in total. The standard InChI is InChI=1S/C16H17N3O4/c1-11(20)17-8-14-5-3-12(7-18-14)9-19-10-13(16(22)23-2)4-6-15(19)21/h3-7,10H,8-9H2,1-2H3,(H,17,20). The molecule has 0 aliphatic carbocycles. The number of carbonyl (C=O) groups is 2. The van der Waals surface area contributed by atoms with Crippen molar-refractivity contribution in [1.82, 2.24) is 14.9 Å². The van der Waals surface area contributed by atoms with Gasteiger partial charge in [0.2, 0.25) is 5.91 Å². The number of carbonyl (C=O) groups excluding carboxylic acids is 2. The third-order valence-electron chi connectivity index (χ3n) is 3.16. The second kappa shape index (κ2) is 7.35. The highest BCUT2D eigenvalue weighted by molar-refractivity contribution is 5.88. The van der Waals surface area contributed by atoms with Crippen molar-refractivity contribution in [2.75, 3.05) is 7.11 Å². The minimum absolute atomic E-state index is 0.123. The normalized spacial score (nSPS) is 10.2. The van der Waals surface area contributed by atoms with Crippen molar-refractivity contribution in [3.05, 3.63) is 63.8 Å². The summed E-state index contributed by atoms with van der Waals surface area (Å²) >= 11 is 0. The van der Waals surface area contributed by atoms with Crippen LogP contribution >= 0.6 is 0 Å². The summed E-state index contributed by atoms with van der Waals surface area (Å²) in [5.41, 5.74) is 1.61. The number of rotatable bonds is 5. The van der Waals surface area contributed by atoms with E-state index in [1.54, 1.807) is 12.3 Å². The summed E-state index contributed by atoms with van der Waals surface area (Å²) in [7, 11) is 1.29. The van der Waals surface area contributed by atoms with Crippen LogP contribution in [0.25, 0.3) is 0 Å².